The molecule has 3 rings (SSSR count). The number of rotatable bonds is 5. The Bertz CT molecular complexity index is 616. The highest BCUT2D eigenvalue weighted by Gasteiger charge is 2.28. The Morgan fingerprint density at radius 2 is 2.08 bits per heavy atom. The van der Waals surface area contributed by atoms with E-state index in [4.69, 9.17) is 0 Å². The molecule has 0 radical (unpaired) electrons. The zero-order valence-corrected chi connectivity index (χ0v) is 15.7. The van der Waals surface area contributed by atoms with Crippen LogP contribution in [0.1, 0.15) is 62.2 Å². The topological polar surface area (TPSA) is 62.3 Å². The van der Waals surface area contributed by atoms with Crippen LogP contribution in [0.4, 0.5) is 0 Å². The van der Waals surface area contributed by atoms with Crippen molar-refractivity contribution in [1.29, 1.82) is 0 Å². The van der Waals surface area contributed by atoms with Crippen LogP contribution in [0.15, 0.2) is 23.4 Å². The molecule has 25 heavy (non-hydrogen) atoms. The zero-order chi connectivity index (χ0) is 17.6. The Balaban J connectivity index is 1.68. The van der Waals surface area contributed by atoms with Gasteiger partial charge in [0.25, 0.3) is 5.91 Å². The summed E-state index contributed by atoms with van der Waals surface area (Å²) < 4.78 is 0. The number of carbonyl (C=O) groups is 2. The minimum atomic E-state index is 0.0454. The number of pyridine rings is 1. The first-order valence-electron chi connectivity index (χ1n) is 9.37. The number of likely N-dealkylation sites (tertiary alicyclic amines) is 1. The quantitative estimate of drug-likeness (QED) is 0.874. The van der Waals surface area contributed by atoms with Gasteiger partial charge in [-0.25, -0.2) is 4.98 Å². The molecule has 1 unspecified atom stereocenters. The number of nitrogens with one attached hydrogen (secondary N) is 1. The molecule has 1 aliphatic heterocycles. The van der Waals surface area contributed by atoms with Gasteiger partial charge in [-0.2, -0.15) is 0 Å². The van der Waals surface area contributed by atoms with Crippen LogP contribution in [-0.4, -0.2) is 46.1 Å². The second-order valence-electron chi connectivity index (χ2n) is 6.89. The first-order chi connectivity index (χ1) is 12.2. The number of carbonyl (C=O) groups excluding carboxylic acids is 2. The van der Waals surface area contributed by atoms with Crippen molar-refractivity contribution in [2.24, 2.45) is 0 Å². The summed E-state index contributed by atoms with van der Waals surface area (Å²) in [5.41, 5.74) is 0.710. The van der Waals surface area contributed by atoms with Gasteiger partial charge in [0.05, 0.1) is 5.56 Å². The second-order valence-corrected chi connectivity index (χ2v) is 8.18. The van der Waals surface area contributed by atoms with Crippen molar-refractivity contribution in [2.75, 3.05) is 13.1 Å². The maximum Gasteiger partial charge on any atom is 0.256 e. The van der Waals surface area contributed by atoms with Gasteiger partial charge in [0.2, 0.25) is 5.91 Å². The maximum absolute atomic E-state index is 13.1. The van der Waals surface area contributed by atoms with Crippen LogP contribution in [0, 0.1) is 0 Å². The third-order valence-electron chi connectivity index (χ3n) is 4.98. The lowest BCUT2D eigenvalue weighted by molar-refractivity contribution is -0.121. The number of thioether (sulfide) groups is 1. The minimum absolute atomic E-state index is 0.0454. The van der Waals surface area contributed by atoms with Crippen LogP contribution in [0.3, 0.4) is 0 Å². The fourth-order valence-corrected chi connectivity index (χ4v) is 4.88. The van der Waals surface area contributed by atoms with E-state index < -0.39 is 0 Å². The van der Waals surface area contributed by atoms with Gasteiger partial charge >= 0.3 is 0 Å². The molecule has 2 amide bonds. The summed E-state index contributed by atoms with van der Waals surface area (Å²) >= 11 is 1.76. The van der Waals surface area contributed by atoms with Crippen LogP contribution in [0.5, 0.6) is 0 Å². The summed E-state index contributed by atoms with van der Waals surface area (Å²) in [6.07, 6.45) is 9.09. The van der Waals surface area contributed by atoms with E-state index in [1.54, 1.807) is 18.0 Å². The lowest BCUT2D eigenvalue weighted by atomic mass is 10.0. The van der Waals surface area contributed by atoms with Crippen molar-refractivity contribution in [3.63, 3.8) is 0 Å². The summed E-state index contributed by atoms with van der Waals surface area (Å²) in [5.74, 6) is 0.0993. The highest BCUT2D eigenvalue weighted by molar-refractivity contribution is 7.99. The summed E-state index contributed by atoms with van der Waals surface area (Å²) in [6, 6.07) is 3.79. The summed E-state index contributed by atoms with van der Waals surface area (Å²) in [4.78, 5) is 31.1. The van der Waals surface area contributed by atoms with E-state index in [0.29, 0.717) is 23.8 Å². The SMILES string of the molecule is CCC(=O)NC1CCCN(C(=O)c2cccnc2SC2CCCC2)C1. The largest absolute Gasteiger partial charge is 0.352 e. The monoisotopic (exact) mass is 361 g/mol. The van der Waals surface area contributed by atoms with E-state index in [-0.39, 0.29) is 17.9 Å². The van der Waals surface area contributed by atoms with Crippen LogP contribution < -0.4 is 5.32 Å². The Hall–Kier alpha value is -1.56. The first-order valence-corrected chi connectivity index (χ1v) is 10.3. The van der Waals surface area contributed by atoms with Gasteiger partial charge in [-0.3, -0.25) is 9.59 Å². The van der Waals surface area contributed by atoms with Gasteiger partial charge < -0.3 is 10.2 Å². The van der Waals surface area contributed by atoms with E-state index in [1.807, 2.05) is 24.0 Å². The maximum atomic E-state index is 13.1. The molecule has 1 aliphatic carbocycles. The molecular formula is C19H27N3O2S. The highest BCUT2D eigenvalue weighted by Crippen LogP contribution is 2.35. The molecule has 0 spiro atoms. The fraction of sp³-hybridized carbons (Fsp3) is 0.632. The molecule has 2 aliphatic rings. The molecule has 0 bridgehead atoms. The third-order valence-corrected chi connectivity index (χ3v) is 6.33. The molecule has 1 saturated heterocycles. The van der Waals surface area contributed by atoms with Gasteiger partial charge in [0.15, 0.2) is 0 Å². The van der Waals surface area contributed by atoms with Crippen molar-refractivity contribution in [3.05, 3.63) is 23.9 Å². The van der Waals surface area contributed by atoms with Crippen molar-refractivity contribution < 1.29 is 9.59 Å². The van der Waals surface area contributed by atoms with E-state index >= 15 is 0 Å². The van der Waals surface area contributed by atoms with Crippen molar-refractivity contribution in [2.45, 2.75) is 68.2 Å². The zero-order valence-electron chi connectivity index (χ0n) is 14.9. The van der Waals surface area contributed by atoms with E-state index in [0.717, 1.165) is 24.4 Å². The predicted octanol–water partition coefficient (Wildman–Crippen LogP) is 3.25. The molecule has 1 saturated carbocycles. The number of piperidine rings is 1. The Kier molecular flexibility index (Phi) is 6.34. The number of amides is 2. The van der Waals surface area contributed by atoms with E-state index in [9.17, 15) is 9.59 Å². The van der Waals surface area contributed by atoms with Crippen LogP contribution in [0.2, 0.25) is 0 Å². The molecule has 6 heteroatoms. The standard InChI is InChI=1S/C19H27N3O2S/c1-2-17(23)21-14-7-6-12-22(13-14)19(24)16-10-5-11-20-18(16)25-15-8-3-4-9-15/h5,10-11,14-15H,2-4,6-9,12-13H2,1H3,(H,21,23). The van der Waals surface area contributed by atoms with Crippen molar-refractivity contribution >= 4 is 23.6 Å². The highest BCUT2D eigenvalue weighted by atomic mass is 32.2. The van der Waals surface area contributed by atoms with Gasteiger partial charge in [-0.1, -0.05) is 19.8 Å². The Morgan fingerprint density at radius 3 is 2.84 bits per heavy atom. The summed E-state index contributed by atoms with van der Waals surface area (Å²) in [5, 5.41) is 4.47. The van der Waals surface area contributed by atoms with Gasteiger partial charge in [0, 0.05) is 37.0 Å². The normalized spacial score (nSPS) is 21.3. The summed E-state index contributed by atoms with van der Waals surface area (Å²) in [7, 11) is 0. The lowest BCUT2D eigenvalue weighted by Crippen LogP contribution is -2.49. The number of aromatic nitrogens is 1. The van der Waals surface area contributed by atoms with Crippen LogP contribution in [0.25, 0.3) is 0 Å². The van der Waals surface area contributed by atoms with Crippen LogP contribution >= 0.6 is 11.8 Å². The average molecular weight is 362 g/mol. The molecule has 2 fully saturated rings. The molecule has 5 nitrogen and oxygen atoms in total. The molecule has 0 aromatic carbocycles. The number of hydrogen-bond acceptors (Lipinski definition) is 4. The van der Waals surface area contributed by atoms with Crippen LogP contribution in [-0.2, 0) is 4.79 Å². The molecule has 1 aromatic heterocycles. The van der Waals surface area contributed by atoms with Gasteiger partial charge in [-0.15, -0.1) is 11.8 Å². The average Bonchev–Trinajstić information content (AvgIpc) is 3.15. The molecule has 1 aromatic rings. The van der Waals surface area contributed by atoms with Gasteiger partial charge in [0.1, 0.15) is 5.03 Å². The van der Waals surface area contributed by atoms with Gasteiger partial charge in [-0.05, 0) is 37.8 Å². The molecule has 136 valence electrons. The Labute approximate surface area is 154 Å². The molecule has 2 heterocycles. The lowest BCUT2D eigenvalue weighted by Gasteiger charge is -2.33. The third kappa shape index (κ3) is 4.75. The van der Waals surface area contributed by atoms with Crippen molar-refractivity contribution in [1.82, 2.24) is 15.2 Å². The first kappa shape index (κ1) is 18.2. The molecule has 1 N–H and O–H groups in total. The minimum Gasteiger partial charge on any atom is -0.352 e. The number of hydrogen-bond donors (Lipinski definition) is 1. The van der Waals surface area contributed by atoms with E-state index in [2.05, 4.69) is 10.3 Å². The second kappa shape index (κ2) is 8.70. The van der Waals surface area contributed by atoms with E-state index in [1.165, 1.54) is 25.7 Å². The predicted molar refractivity (Wildman–Crippen MR) is 99.7 cm³/mol. The fourth-order valence-electron chi connectivity index (χ4n) is 3.59. The summed E-state index contributed by atoms with van der Waals surface area (Å²) in [6.45, 7) is 3.19. The van der Waals surface area contributed by atoms with Crippen molar-refractivity contribution in [3.8, 4) is 0 Å². The Morgan fingerprint density at radius 1 is 1.28 bits per heavy atom. The smallest absolute Gasteiger partial charge is 0.256 e. The molecular weight excluding hydrogens is 334 g/mol. The number of nitrogens with zero attached hydrogens (tertiary/aromatic N) is 2. The molecule has 1 atom stereocenters.